The van der Waals surface area contributed by atoms with Crippen molar-refractivity contribution < 1.29 is 13.2 Å². The van der Waals surface area contributed by atoms with Crippen LogP contribution in [0.4, 0.5) is 0 Å². The maximum atomic E-state index is 12.2. The minimum absolute atomic E-state index is 0.0677. The van der Waals surface area contributed by atoms with E-state index in [4.69, 9.17) is 0 Å². The van der Waals surface area contributed by atoms with E-state index in [0.29, 0.717) is 18.5 Å². The lowest BCUT2D eigenvalue weighted by molar-refractivity contribution is -0.119. The zero-order chi connectivity index (χ0) is 15.2. The van der Waals surface area contributed by atoms with E-state index in [2.05, 4.69) is 4.72 Å². The van der Waals surface area contributed by atoms with Crippen LogP contribution in [0, 0.1) is 5.92 Å². The molecule has 0 aliphatic heterocycles. The molecule has 0 unspecified atom stereocenters. The molecule has 1 rings (SSSR count). The first kappa shape index (κ1) is 16.9. The Hall–Kier alpha value is -1.20. The maximum Gasteiger partial charge on any atom is 0.240 e. The predicted molar refractivity (Wildman–Crippen MR) is 80.1 cm³/mol. The fourth-order valence-corrected chi connectivity index (χ4v) is 3.34. The summed E-state index contributed by atoms with van der Waals surface area (Å²) in [4.78, 5) is 12.1. The molecule has 1 aromatic rings. The Kier molecular flexibility index (Phi) is 6.36. The van der Waals surface area contributed by atoms with Crippen molar-refractivity contribution >= 4 is 15.8 Å². The Morgan fingerprint density at radius 3 is 2.50 bits per heavy atom. The Morgan fingerprint density at radius 1 is 1.25 bits per heavy atom. The molecule has 5 heteroatoms. The average molecular weight is 297 g/mol. The molecule has 20 heavy (non-hydrogen) atoms. The van der Waals surface area contributed by atoms with Gasteiger partial charge >= 0.3 is 0 Å². The third kappa shape index (κ3) is 5.06. The molecule has 0 radical (unpaired) electrons. The van der Waals surface area contributed by atoms with Crippen molar-refractivity contribution in [2.24, 2.45) is 5.92 Å². The number of benzene rings is 1. The number of carbonyl (C=O) groups excluding carboxylic acids is 1. The van der Waals surface area contributed by atoms with Gasteiger partial charge in [0.15, 0.2) is 0 Å². The van der Waals surface area contributed by atoms with Crippen LogP contribution < -0.4 is 4.72 Å². The van der Waals surface area contributed by atoms with Gasteiger partial charge in [0.1, 0.15) is 5.78 Å². The van der Waals surface area contributed by atoms with Crippen LogP contribution in [-0.4, -0.2) is 20.7 Å². The molecule has 0 saturated heterocycles. The molecular formula is C15H23NO3S. The first-order valence-electron chi connectivity index (χ1n) is 6.96. The van der Waals surface area contributed by atoms with Crippen LogP contribution in [0.15, 0.2) is 29.2 Å². The van der Waals surface area contributed by atoms with Gasteiger partial charge in [-0.2, -0.15) is 0 Å². The number of hydrogen-bond acceptors (Lipinski definition) is 3. The fourth-order valence-electron chi connectivity index (χ4n) is 1.97. The lowest BCUT2D eigenvalue weighted by atomic mass is 10.0. The van der Waals surface area contributed by atoms with Gasteiger partial charge in [-0.05, 0) is 24.0 Å². The summed E-state index contributed by atoms with van der Waals surface area (Å²) in [5.41, 5.74) is 0.571. The van der Waals surface area contributed by atoms with Gasteiger partial charge < -0.3 is 0 Å². The van der Waals surface area contributed by atoms with E-state index < -0.39 is 10.0 Å². The van der Waals surface area contributed by atoms with Crippen LogP contribution in [0.1, 0.15) is 39.2 Å². The molecule has 1 N–H and O–H groups in total. The van der Waals surface area contributed by atoms with Crippen LogP contribution in [-0.2, 0) is 21.2 Å². The highest BCUT2D eigenvalue weighted by atomic mass is 32.2. The van der Waals surface area contributed by atoms with Gasteiger partial charge in [0.25, 0.3) is 0 Å². The minimum atomic E-state index is -3.53. The molecule has 0 aliphatic rings. The quantitative estimate of drug-likeness (QED) is 0.802. The fraction of sp³-hybridized carbons (Fsp3) is 0.533. The van der Waals surface area contributed by atoms with Crippen molar-refractivity contribution in [2.75, 3.05) is 6.54 Å². The summed E-state index contributed by atoms with van der Waals surface area (Å²) in [5, 5.41) is 0. The van der Waals surface area contributed by atoms with Gasteiger partial charge in [0.2, 0.25) is 10.0 Å². The van der Waals surface area contributed by atoms with Crippen LogP contribution in [0.3, 0.4) is 0 Å². The van der Waals surface area contributed by atoms with Crippen LogP contribution in [0.5, 0.6) is 0 Å². The Bertz CT molecular complexity index is 550. The van der Waals surface area contributed by atoms with Gasteiger partial charge in [-0.1, -0.05) is 39.0 Å². The number of ketones is 1. The molecule has 0 heterocycles. The van der Waals surface area contributed by atoms with Gasteiger partial charge in [0.05, 0.1) is 4.90 Å². The number of rotatable bonds is 8. The summed E-state index contributed by atoms with van der Waals surface area (Å²) in [5.74, 6) is 0.350. The summed E-state index contributed by atoms with van der Waals surface area (Å²) in [6.45, 7) is 6.25. The normalized spacial score (nSPS) is 11.8. The first-order chi connectivity index (χ1) is 9.36. The monoisotopic (exact) mass is 297 g/mol. The van der Waals surface area contributed by atoms with Crippen molar-refractivity contribution in [2.45, 2.75) is 44.9 Å². The number of nitrogens with one attached hydrogen (secondary N) is 1. The molecule has 0 atom stereocenters. The van der Waals surface area contributed by atoms with Crippen LogP contribution in [0.2, 0.25) is 0 Å². The highest BCUT2D eigenvalue weighted by molar-refractivity contribution is 7.89. The molecule has 112 valence electrons. The molecule has 4 nitrogen and oxygen atoms in total. The maximum absolute atomic E-state index is 12.2. The molecule has 0 aliphatic carbocycles. The van der Waals surface area contributed by atoms with Crippen molar-refractivity contribution in [3.63, 3.8) is 0 Å². The second kappa shape index (κ2) is 7.55. The molecule has 0 spiro atoms. The first-order valence-corrected chi connectivity index (χ1v) is 8.44. The number of carbonyl (C=O) groups is 1. The number of sulfonamides is 1. The molecule has 1 aromatic carbocycles. The average Bonchev–Trinajstić information content (AvgIpc) is 2.36. The van der Waals surface area contributed by atoms with Gasteiger partial charge in [-0.25, -0.2) is 13.1 Å². The van der Waals surface area contributed by atoms with Crippen molar-refractivity contribution in [1.29, 1.82) is 0 Å². The summed E-state index contributed by atoms with van der Waals surface area (Å²) >= 11 is 0. The van der Waals surface area contributed by atoms with E-state index in [-0.39, 0.29) is 23.0 Å². The van der Waals surface area contributed by atoms with Crippen LogP contribution >= 0.6 is 0 Å². The zero-order valence-corrected chi connectivity index (χ0v) is 13.2. The molecule has 0 amide bonds. The lowest BCUT2D eigenvalue weighted by Gasteiger charge is -2.11. The summed E-state index contributed by atoms with van der Waals surface area (Å²) in [6, 6.07) is 6.70. The van der Waals surface area contributed by atoms with Crippen molar-refractivity contribution in [1.82, 2.24) is 4.72 Å². The molecule has 0 saturated carbocycles. The number of hydrogen-bond donors (Lipinski definition) is 1. The summed E-state index contributed by atoms with van der Waals surface area (Å²) in [6.07, 6.45) is 1.37. The van der Waals surface area contributed by atoms with Gasteiger partial charge in [0, 0.05) is 19.4 Å². The topological polar surface area (TPSA) is 63.2 Å². The van der Waals surface area contributed by atoms with E-state index in [1.54, 1.807) is 24.3 Å². The molecule has 0 aromatic heterocycles. The van der Waals surface area contributed by atoms with E-state index in [1.807, 2.05) is 20.8 Å². The van der Waals surface area contributed by atoms with Gasteiger partial charge in [-0.15, -0.1) is 0 Å². The highest BCUT2D eigenvalue weighted by Crippen LogP contribution is 2.17. The van der Waals surface area contributed by atoms with Crippen LogP contribution in [0.25, 0.3) is 0 Å². The number of Topliss-reactive ketones (excluding diaryl/α,β-unsaturated/α-hetero) is 1. The lowest BCUT2D eigenvalue weighted by Crippen LogP contribution is -2.25. The molecular weight excluding hydrogens is 274 g/mol. The largest absolute Gasteiger partial charge is 0.299 e. The molecule has 0 fully saturated rings. The van der Waals surface area contributed by atoms with E-state index in [1.165, 1.54) is 0 Å². The summed E-state index contributed by atoms with van der Waals surface area (Å²) in [7, 11) is -3.53. The second-order valence-electron chi connectivity index (χ2n) is 5.32. The Labute approximate surface area is 121 Å². The Morgan fingerprint density at radius 2 is 1.90 bits per heavy atom. The third-order valence-electron chi connectivity index (χ3n) is 2.83. The molecule has 0 bridgehead atoms. The standard InChI is InChI=1S/C15H23NO3S/c1-4-9-16-20(18,19)15-8-6-5-7-13(15)11-14(17)10-12(2)3/h5-8,12,16H,4,9-11H2,1-3H3. The van der Waals surface area contributed by atoms with E-state index >= 15 is 0 Å². The summed E-state index contributed by atoms with van der Waals surface area (Å²) < 4.78 is 26.9. The zero-order valence-electron chi connectivity index (χ0n) is 12.3. The van der Waals surface area contributed by atoms with E-state index in [9.17, 15) is 13.2 Å². The van der Waals surface area contributed by atoms with Gasteiger partial charge in [-0.3, -0.25) is 4.79 Å². The van der Waals surface area contributed by atoms with Crippen molar-refractivity contribution in [3.8, 4) is 0 Å². The minimum Gasteiger partial charge on any atom is -0.299 e. The Balaban J connectivity index is 2.96. The smallest absolute Gasteiger partial charge is 0.240 e. The third-order valence-corrected chi connectivity index (χ3v) is 4.39. The highest BCUT2D eigenvalue weighted by Gasteiger charge is 2.19. The predicted octanol–water partition coefficient (Wildman–Crippen LogP) is 2.53. The SMILES string of the molecule is CCCNS(=O)(=O)c1ccccc1CC(=O)CC(C)C. The van der Waals surface area contributed by atoms with Crippen molar-refractivity contribution in [3.05, 3.63) is 29.8 Å². The van der Waals surface area contributed by atoms with E-state index in [0.717, 1.165) is 6.42 Å². The second-order valence-corrected chi connectivity index (χ2v) is 7.05.